The number of rotatable bonds is 4. The highest BCUT2D eigenvalue weighted by atomic mass is 16.5. The van der Waals surface area contributed by atoms with Crippen molar-refractivity contribution in [3.8, 4) is 5.75 Å². The normalized spacial score (nSPS) is 14.1. The van der Waals surface area contributed by atoms with E-state index in [4.69, 9.17) is 9.47 Å². The Balaban J connectivity index is 2.03. The molecule has 20 heavy (non-hydrogen) atoms. The number of esters is 1. The average molecular weight is 270 g/mol. The van der Waals surface area contributed by atoms with Crippen LogP contribution < -0.4 is 4.74 Å². The minimum absolute atomic E-state index is 0.329. The van der Waals surface area contributed by atoms with Gasteiger partial charge in [0.05, 0.1) is 12.7 Å². The summed E-state index contributed by atoms with van der Waals surface area (Å²) in [6.45, 7) is 2.50. The molecule has 0 radical (unpaired) electrons. The van der Waals surface area contributed by atoms with Gasteiger partial charge in [-0.2, -0.15) is 0 Å². The maximum Gasteiger partial charge on any atom is 0.337 e. The predicted octanol–water partition coefficient (Wildman–Crippen LogP) is 3.36. The summed E-state index contributed by atoms with van der Waals surface area (Å²) in [6.07, 6.45) is 8.22. The van der Waals surface area contributed by atoms with Gasteiger partial charge in [-0.3, -0.25) is 0 Å². The van der Waals surface area contributed by atoms with E-state index in [0.717, 1.165) is 17.7 Å². The number of benzene rings is 1. The fraction of sp³-hybridized carbons (Fsp3) is 0.235. The van der Waals surface area contributed by atoms with Crippen LogP contribution in [0.3, 0.4) is 0 Å². The van der Waals surface area contributed by atoms with Crippen LogP contribution >= 0.6 is 0 Å². The number of aryl methyl sites for hydroxylation is 1. The van der Waals surface area contributed by atoms with E-state index in [2.05, 4.69) is 0 Å². The van der Waals surface area contributed by atoms with Crippen LogP contribution in [0.5, 0.6) is 5.75 Å². The molecule has 1 aliphatic rings. The van der Waals surface area contributed by atoms with Gasteiger partial charge in [-0.05, 0) is 43.2 Å². The van der Waals surface area contributed by atoms with Crippen molar-refractivity contribution in [1.82, 2.24) is 0 Å². The average Bonchev–Trinajstić information content (AvgIpc) is 2.71. The number of allylic oxidation sites excluding steroid dienone is 3. The Labute approximate surface area is 119 Å². The summed E-state index contributed by atoms with van der Waals surface area (Å²) in [7, 11) is 1.38. The molecule has 2 rings (SSSR count). The number of methoxy groups -OCH3 is 1. The molecule has 104 valence electrons. The molecule has 3 heteroatoms. The molecule has 1 aromatic rings. The van der Waals surface area contributed by atoms with Crippen molar-refractivity contribution in [2.45, 2.75) is 13.3 Å². The molecule has 0 spiro atoms. The van der Waals surface area contributed by atoms with Crippen molar-refractivity contribution in [3.05, 3.63) is 65.3 Å². The van der Waals surface area contributed by atoms with Crippen LogP contribution in [0, 0.1) is 6.92 Å². The summed E-state index contributed by atoms with van der Waals surface area (Å²) < 4.78 is 10.5. The summed E-state index contributed by atoms with van der Waals surface area (Å²) in [5, 5.41) is 0. The van der Waals surface area contributed by atoms with E-state index in [-0.39, 0.29) is 5.97 Å². The molecular weight excluding hydrogens is 252 g/mol. The maximum atomic E-state index is 11.6. The largest absolute Gasteiger partial charge is 0.489 e. The van der Waals surface area contributed by atoms with E-state index >= 15 is 0 Å². The lowest BCUT2D eigenvalue weighted by Crippen LogP contribution is -2.05. The van der Waals surface area contributed by atoms with Gasteiger partial charge < -0.3 is 9.47 Å². The highest BCUT2D eigenvalue weighted by Crippen LogP contribution is 2.17. The van der Waals surface area contributed by atoms with E-state index in [1.165, 1.54) is 12.7 Å². The zero-order valence-corrected chi connectivity index (χ0v) is 11.8. The van der Waals surface area contributed by atoms with E-state index < -0.39 is 0 Å². The van der Waals surface area contributed by atoms with Crippen LogP contribution in [0.15, 0.2) is 59.7 Å². The van der Waals surface area contributed by atoms with Gasteiger partial charge in [-0.15, -0.1) is 0 Å². The molecule has 0 aliphatic heterocycles. The van der Waals surface area contributed by atoms with Crippen molar-refractivity contribution >= 4 is 5.97 Å². The Kier molecular flexibility index (Phi) is 4.77. The first-order chi connectivity index (χ1) is 9.69. The van der Waals surface area contributed by atoms with Crippen molar-refractivity contribution in [3.63, 3.8) is 0 Å². The fourth-order valence-corrected chi connectivity index (χ4v) is 1.87. The van der Waals surface area contributed by atoms with Gasteiger partial charge in [0.25, 0.3) is 0 Å². The van der Waals surface area contributed by atoms with Crippen LogP contribution in [0.1, 0.15) is 12.0 Å². The smallest absolute Gasteiger partial charge is 0.337 e. The summed E-state index contributed by atoms with van der Waals surface area (Å²) >= 11 is 0. The molecule has 0 N–H and O–H groups in total. The third kappa shape index (κ3) is 3.85. The highest BCUT2D eigenvalue weighted by Gasteiger charge is 2.09. The molecule has 0 heterocycles. The molecule has 0 unspecified atom stereocenters. The van der Waals surface area contributed by atoms with Crippen LogP contribution in [-0.4, -0.2) is 19.7 Å². The summed E-state index contributed by atoms with van der Waals surface area (Å²) in [6, 6.07) is 7.91. The second-order valence-electron chi connectivity index (χ2n) is 4.65. The van der Waals surface area contributed by atoms with Gasteiger partial charge in [-0.25, -0.2) is 4.79 Å². The summed E-state index contributed by atoms with van der Waals surface area (Å²) in [5.41, 5.74) is 2.78. The van der Waals surface area contributed by atoms with E-state index in [0.29, 0.717) is 12.2 Å². The second kappa shape index (κ2) is 6.75. The first-order valence-electron chi connectivity index (χ1n) is 6.53. The van der Waals surface area contributed by atoms with Gasteiger partial charge in [0.1, 0.15) is 12.4 Å². The van der Waals surface area contributed by atoms with E-state index in [1.807, 2.05) is 49.4 Å². The Bertz CT molecular complexity index is 562. The van der Waals surface area contributed by atoms with Gasteiger partial charge >= 0.3 is 5.97 Å². The number of hydrogen-bond acceptors (Lipinski definition) is 3. The zero-order valence-electron chi connectivity index (χ0n) is 11.8. The first-order valence-corrected chi connectivity index (χ1v) is 6.53. The molecule has 1 aromatic carbocycles. The number of hydrogen-bond donors (Lipinski definition) is 0. The number of carbonyl (C=O) groups excluding carboxylic acids is 1. The maximum absolute atomic E-state index is 11.6. The van der Waals surface area contributed by atoms with Crippen LogP contribution in [0.2, 0.25) is 0 Å². The van der Waals surface area contributed by atoms with Crippen molar-refractivity contribution in [1.29, 1.82) is 0 Å². The standard InChI is InChI=1S/C17H18O3/c1-13-7-9-16(10-8-13)20-12-14-5-3-4-6-15(11-14)17(18)19-2/h3-4,6-11H,5,12H2,1-2H3. The van der Waals surface area contributed by atoms with Crippen LogP contribution in [0.4, 0.5) is 0 Å². The van der Waals surface area contributed by atoms with Gasteiger partial charge in [-0.1, -0.05) is 29.8 Å². The molecule has 3 nitrogen and oxygen atoms in total. The monoisotopic (exact) mass is 270 g/mol. The van der Waals surface area contributed by atoms with Crippen LogP contribution in [0.25, 0.3) is 0 Å². The highest BCUT2D eigenvalue weighted by molar-refractivity contribution is 5.92. The Hall–Kier alpha value is -2.29. The zero-order chi connectivity index (χ0) is 14.4. The first kappa shape index (κ1) is 14.1. The molecule has 0 aromatic heterocycles. The minimum Gasteiger partial charge on any atom is -0.489 e. The van der Waals surface area contributed by atoms with Gasteiger partial charge in [0.15, 0.2) is 0 Å². The molecule has 0 saturated carbocycles. The molecule has 1 aliphatic carbocycles. The summed E-state index contributed by atoms with van der Waals surface area (Å²) in [4.78, 5) is 11.6. The van der Waals surface area contributed by atoms with Crippen molar-refractivity contribution in [2.24, 2.45) is 0 Å². The third-order valence-electron chi connectivity index (χ3n) is 3.02. The van der Waals surface area contributed by atoms with Gasteiger partial charge in [0, 0.05) is 0 Å². The fourth-order valence-electron chi connectivity index (χ4n) is 1.87. The van der Waals surface area contributed by atoms with E-state index in [9.17, 15) is 4.79 Å². The Morgan fingerprint density at radius 1 is 1.25 bits per heavy atom. The molecule has 0 fully saturated rings. The predicted molar refractivity (Wildman–Crippen MR) is 78.6 cm³/mol. The van der Waals surface area contributed by atoms with Crippen molar-refractivity contribution in [2.75, 3.05) is 13.7 Å². The van der Waals surface area contributed by atoms with Gasteiger partial charge in [0.2, 0.25) is 0 Å². The third-order valence-corrected chi connectivity index (χ3v) is 3.02. The molecular formula is C17H18O3. The molecule has 0 amide bonds. The minimum atomic E-state index is -0.329. The topological polar surface area (TPSA) is 35.5 Å². The lowest BCUT2D eigenvalue weighted by molar-refractivity contribution is -0.135. The lowest BCUT2D eigenvalue weighted by Gasteiger charge is -2.09. The number of carbonyl (C=O) groups is 1. The summed E-state index contributed by atoms with van der Waals surface area (Å²) in [5.74, 6) is 0.498. The van der Waals surface area contributed by atoms with E-state index in [1.54, 1.807) is 6.08 Å². The molecule has 0 atom stereocenters. The molecule has 0 saturated heterocycles. The Morgan fingerprint density at radius 2 is 2.00 bits per heavy atom. The quantitative estimate of drug-likeness (QED) is 0.787. The lowest BCUT2D eigenvalue weighted by atomic mass is 10.1. The van der Waals surface area contributed by atoms with Crippen LogP contribution in [-0.2, 0) is 9.53 Å². The SMILES string of the molecule is COC(=O)C1=CC=CCC(COc2ccc(C)cc2)=C1. The molecule has 0 bridgehead atoms. The van der Waals surface area contributed by atoms with Crippen molar-refractivity contribution < 1.29 is 14.3 Å². The Morgan fingerprint density at radius 3 is 2.70 bits per heavy atom. The number of ether oxygens (including phenoxy) is 2. The second-order valence-corrected chi connectivity index (χ2v) is 4.65.